The van der Waals surface area contributed by atoms with Crippen molar-refractivity contribution in [1.29, 1.82) is 0 Å². The second-order valence-corrected chi connectivity index (χ2v) is 6.92. The van der Waals surface area contributed by atoms with E-state index in [4.69, 9.17) is 5.14 Å². The molecule has 0 aliphatic carbocycles. The van der Waals surface area contributed by atoms with E-state index >= 15 is 0 Å². The fourth-order valence-electron chi connectivity index (χ4n) is 1.37. The lowest BCUT2D eigenvalue weighted by atomic mass is 10.1. The Kier molecular flexibility index (Phi) is 5.51. The molecule has 1 atom stereocenters. The van der Waals surface area contributed by atoms with E-state index in [2.05, 4.69) is 21.2 Å². The second kappa shape index (κ2) is 6.49. The van der Waals surface area contributed by atoms with Gasteiger partial charge in [-0.1, -0.05) is 36.2 Å². The van der Waals surface area contributed by atoms with Crippen molar-refractivity contribution in [2.75, 3.05) is 6.54 Å². The highest BCUT2D eigenvalue weighted by atomic mass is 79.9. The zero-order valence-corrected chi connectivity index (χ0v) is 13.2. The number of amides is 1. The number of primary sulfonamides is 1. The molecule has 0 aliphatic rings. The predicted molar refractivity (Wildman–Crippen MR) is 77.3 cm³/mol. The number of hydrogen-bond donors (Lipinski definition) is 2. The Morgan fingerprint density at radius 1 is 1.42 bits per heavy atom. The average molecular weight is 349 g/mol. The molecule has 0 aliphatic heterocycles. The number of hydrogen-bond acceptors (Lipinski definition) is 3. The normalized spacial score (nSPS) is 13.1. The van der Waals surface area contributed by atoms with E-state index < -0.39 is 10.0 Å². The first-order valence-corrected chi connectivity index (χ1v) is 8.19. The molecule has 3 N–H and O–H groups in total. The molecule has 106 valence electrons. The first kappa shape index (κ1) is 16.1. The van der Waals surface area contributed by atoms with Gasteiger partial charge in [0.25, 0.3) is 5.91 Å². The van der Waals surface area contributed by atoms with Gasteiger partial charge in [0, 0.05) is 16.6 Å². The summed E-state index contributed by atoms with van der Waals surface area (Å²) in [6.45, 7) is 4.61. The van der Waals surface area contributed by atoms with Crippen molar-refractivity contribution in [2.24, 2.45) is 11.1 Å². The minimum atomic E-state index is -3.83. The van der Waals surface area contributed by atoms with Crippen LogP contribution in [0.15, 0.2) is 27.6 Å². The highest BCUT2D eigenvalue weighted by Crippen LogP contribution is 2.18. The molecule has 1 aromatic rings. The van der Waals surface area contributed by atoms with E-state index in [1.807, 2.05) is 13.8 Å². The van der Waals surface area contributed by atoms with Gasteiger partial charge in [-0.2, -0.15) is 0 Å². The van der Waals surface area contributed by atoms with Crippen molar-refractivity contribution in [3.05, 3.63) is 28.2 Å². The number of nitrogens with one attached hydrogen (secondary N) is 1. The number of rotatable bonds is 5. The second-order valence-electron chi connectivity index (χ2n) is 4.44. The van der Waals surface area contributed by atoms with Crippen LogP contribution in [-0.4, -0.2) is 20.9 Å². The summed E-state index contributed by atoms with van der Waals surface area (Å²) in [4.78, 5) is 11.8. The molecule has 1 rings (SSSR count). The van der Waals surface area contributed by atoms with Gasteiger partial charge in [0.2, 0.25) is 10.0 Å². The lowest BCUT2D eigenvalue weighted by Gasteiger charge is -2.11. The molecule has 19 heavy (non-hydrogen) atoms. The summed E-state index contributed by atoms with van der Waals surface area (Å²) in [6.07, 6.45) is 0.960. The number of carbonyl (C=O) groups excluding carboxylic acids is 1. The van der Waals surface area contributed by atoms with E-state index in [9.17, 15) is 13.2 Å². The largest absolute Gasteiger partial charge is 0.352 e. The van der Waals surface area contributed by atoms with Crippen LogP contribution in [0.5, 0.6) is 0 Å². The molecular formula is C12H17BrN2O3S. The highest BCUT2D eigenvalue weighted by molar-refractivity contribution is 9.10. The number of nitrogens with two attached hydrogens (primary N) is 1. The van der Waals surface area contributed by atoms with Gasteiger partial charge in [-0.25, -0.2) is 13.6 Å². The third-order valence-corrected chi connectivity index (χ3v) is 4.12. The lowest BCUT2D eigenvalue weighted by molar-refractivity contribution is 0.0947. The first-order chi connectivity index (χ1) is 8.74. The molecule has 0 aromatic heterocycles. The van der Waals surface area contributed by atoms with Gasteiger partial charge in [0.1, 0.15) is 0 Å². The van der Waals surface area contributed by atoms with Crippen LogP contribution < -0.4 is 10.5 Å². The summed E-state index contributed by atoms with van der Waals surface area (Å²) < 4.78 is 23.1. The number of carbonyl (C=O) groups is 1. The average Bonchev–Trinajstić information content (AvgIpc) is 2.33. The summed E-state index contributed by atoms with van der Waals surface area (Å²) in [6, 6.07) is 4.19. The molecule has 0 radical (unpaired) electrons. The van der Waals surface area contributed by atoms with Gasteiger partial charge in [-0.15, -0.1) is 0 Å². The third-order valence-electron chi connectivity index (χ3n) is 2.77. The Morgan fingerprint density at radius 2 is 2.05 bits per heavy atom. The molecule has 1 unspecified atom stereocenters. The maximum absolute atomic E-state index is 11.9. The fourth-order valence-corrected chi connectivity index (χ4v) is 2.60. The monoisotopic (exact) mass is 348 g/mol. The predicted octanol–water partition coefficient (Wildman–Crippen LogP) is 1.87. The number of halogens is 1. The first-order valence-electron chi connectivity index (χ1n) is 5.85. The molecule has 0 spiro atoms. The van der Waals surface area contributed by atoms with Crippen molar-refractivity contribution in [2.45, 2.75) is 25.2 Å². The summed E-state index contributed by atoms with van der Waals surface area (Å²) in [5.74, 6) is 0.0558. The zero-order chi connectivity index (χ0) is 14.6. The minimum absolute atomic E-state index is 0.0874. The fraction of sp³-hybridized carbons (Fsp3) is 0.417. The van der Waals surface area contributed by atoms with E-state index in [1.165, 1.54) is 12.1 Å². The summed E-state index contributed by atoms with van der Waals surface area (Å²) in [7, 11) is -3.83. The van der Waals surface area contributed by atoms with Crippen molar-refractivity contribution in [3.8, 4) is 0 Å². The van der Waals surface area contributed by atoms with Gasteiger partial charge in [-0.3, -0.25) is 4.79 Å². The third kappa shape index (κ3) is 4.93. The van der Waals surface area contributed by atoms with E-state index in [-0.39, 0.29) is 16.4 Å². The van der Waals surface area contributed by atoms with Gasteiger partial charge in [0.15, 0.2) is 0 Å². The van der Waals surface area contributed by atoms with Crippen molar-refractivity contribution in [3.63, 3.8) is 0 Å². The van der Waals surface area contributed by atoms with Crippen LogP contribution in [0.2, 0.25) is 0 Å². The Balaban J connectivity index is 2.95. The standard InChI is InChI=1S/C12H17BrN2O3S/c1-3-8(2)7-15-12(16)9-4-10(13)6-11(5-9)19(14,17)18/h4-6,8H,3,7H2,1-2H3,(H,15,16)(H2,14,17,18). The molecular weight excluding hydrogens is 332 g/mol. The van der Waals surface area contributed by atoms with Crippen LogP contribution in [0.3, 0.4) is 0 Å². The van der Waals surface area contributed by atoms with Gasteiger partial charge in [0.05, 0.1) is 4.90 Å². The van der Waals surface area contributed by atoms with E-state index in [1.54, 1.807) is 6.07 Å². The van der Waals surface area contributed by atoms with Crippen molar-refractivity contribution >= 4 is 31.9 Å². The van der Waals surface area contributed by atoms with Gasteiger partial charge in [-0.05, 0) is 24.1 Å². The van der Waals surface area contributed by atoms with Gasteiger partial charge < -0.3 is 5.32 Å². The van der Waals surface area contributed by atoms with Crippen LogP contribution in [0.4, 0.5) is 0 Å². The maximum Gasteiger partial charge on any atom is 0.251 e. The zero-order valence-electron chi connectivity index (χ0n) is 10.8. The molecule has 7 heteroatoms. The molecule has 1 aromatic carbocycles. The van der Waals surface area contributed by atoms with Crippen LogP contribution in [0, 0.1) is 5.92 Å². The number of sulfonamides is 1. The molecule has 1 amide bonds. The quantitative estimate of drug-likeness (QED) is 0.850. The Labute approximate surface area is 121 Å². The summed E-state index contributed by atoms with van der Waals surface area (Å²) >= 11 is 3.17. The molecule has 0 fully saturated rings. The molecule has 0 heterocycles. The van der Waals surface area contributed by atoms with E-state index in [0.717, 1.165) is 6.42 Å². The molecule has 0 saturated heterocycles. The maximum atomic E-state index is 11.9. The van der Waals surface area contributed by atoms with Crippen LogP contribution in [-0.2, 0) is 10.0 Å². The smallest absolute Gasteiger partial charge is 0.251 e. The highest BCUT2D eigenvalue weighted by Gasteiger charge is 2.14. The molecule has 0 bridgehead atoms. The van der Waals surface area contributed by atoms with Crippen LogP contribution >= 0.6 is 15.9 Å². The SMILES string of the molecule is CCC(C)CNC(=O)c1cc(Br)cc(S(N)(=O)=O)c1. The van der Waals surface area contributed by atoms with Gasteiger partial charge >= 0.3 is 0 Å². The Morgan fingerprint density at radius 3 is 2.58 bits per heavy atom. The Hall–Kier alpha value is -0.920. The van der Waals surface area contributed by atoms with Crippen LogP contribution in [0.25, 0.3) is 0 Å². The number of benzene rings is 1. The van der Waals surface area contributed by atoms with Crippen LogP contribution in [0.1, 0.15) is 30.6 Å². The summed E-state index contributed by atoms with van der Waals surface area (Å²) in [5.41, 5.74) is 0.265. The topological polar surface area (TPSA) is 89.3 Å². The molecule has 0 saturated carbocycles. The van der Waals surface area contributed by atoms with E-state index in [0.29, 0.717) is 16.9 Å². The molecule has 5 nitrogen and oxygen atoms in total. The Bertz CT molecular complexity index is 572. The summed E-state index contributed by atoms with van der Waals surface area (Å²) in [5, 5.41) is 7.82. The van der Waals surface area contributed by atoms with Crippen molar-refractivity contribution in [1.82, 2.24) is 5.32 Å². The minimum Gasteiger partial charge on any atom is -0.352 e. The van der Waals surface area contributed by atoms with Crippen molar-refractivity contribution < 1.29 is 13.2 Å². The lowest BCUT2D eigenvalue weighted by Crippen LogP contribution is -2.28.